The highest BCUT2D eigenvalue weighted by molar-refractivity contribution is 6.58. The molecule has 0 radical (unpaired) electrons. The van der Waals surface area contributed by atoms with E-state index in [1.165, 1.54) is 43.5 Å². The summed E-state index contributed by atoms with van der Waals surface area (Å²) in [6.45, 7) is 0. The number of phenols is 1. The minimum Gasteiger partial charge on any atom is -0.508 e. The van der Waals surface area contributed by atoms with Crippen molar-refractivity contribution in [2.45, 2.75) is 28.5 Å². The Hall–Kier alpha value is -5.87. The van der Waals surface area contributed by atoms with Gasteiger partial charge in [0.25, 0.3) is 11.8 Å². The van der Waals surface area contributed by atoms with Gasteiger partial charge in [-0.1, -0.05) is 17.7 Å². The number of phenolic OH excluding ortho intramolecular Hbond substituents is 1. The van der Waals surface area contributed by atoms with Crippen LogP contribution in [-0.4, -0.2) is 59.7 Å². The number of hydrogen-bond acceptors (Lipinski definition) is 9. The van der Waals surface area contributed by atoms with Crippen LogP contribution in [0.3, 0.4) is 0 Å². The van der Waals surface area contributed by atoms with Crippen LogP contribution >= 0.6 is 23.2 Å². The van der Waals surface area contributed by atoms with Crippen molar-refractivity contribution in [1.82, 2.24) is 0 Å². The fraction of sp³-hybridized carbons (Fsp3) is 0.268. The minimum atomic E-state index is -2.84. The quantitative estimate of drug-likeness (QED) is 0.0376. The minimum absolute atomic E-state index is 0.0917. The highest BCUT2D eigenvalue weighted by Crippen LogP contribution is 2.67. The average molecular weight is 855 g/mol. The van der Waals surface area contributed by atoms with Crippen LogP contribution in [0, 0.1) is 46.8 Å². The first kappa shape index (κ1) is 39.9. The number of allylic oxidation sites excluding steroid dienone is 2. The molecule has 2 saturated heterocycles. The topological polar surface area (TPSA) is 132 Å². The van der Waals surface area contributed by atoms with Crippen molar-refractivity contribution >= 4 is 75.3 Å². The fourth-order valence-electron chi connectivity index (χ4n) is 8.74. The number of halogens is 7. The van der Waals surface area contributed by atoms with Crippen molar-refractivity contribution in [3.63, 3.8) is 0 Å². The normalized spacial score (nSPS) is 26.3. The zero-order valence-electron chi connectivity index (χ0n) is 31.0. The summed E-state index contributed by atoms with van der Waals surface area (Å²) in [5, 5.41) is 19.8. The monoisotopic (exact) mass is 853 g/mol. The van der Waals surface area contributed by atoms with Gasteiger partial charge in [-0.2, -0.15) is 10.2 Å². The number of fused-ring (bicyclic) bond motifs is 4. The Morgan fingerprint density at radius 1 is 0.763 bits per heavy atom. The largest absolute Gasteiger partial charge is 0.508 e. The summed E-state index contributed by atoms with van der Waals surface area (Å²) in [5.74, 6) is -22.9. The molecule has 2 aliphatic heterocycles. The van der Waals surface area contributed by atoms with E-state index in [-0.39, 0.29) is 33.9 Å². The molecule has 4 amide bonds. The zero-order chi connectivity index (χ0) is 42.5. The standard InChI is InChI=1S/C41H30Cl2F5N5O6/c1-51(2)20-11-7-18(8-12-20)49-50-19-9-13-21(14-10-19)52-36(55)23-16-15-22-24(27(23)37(52)56)17-40(42)38(57)53(35-33(47)31(45)30(44)32(46)34(35)48)39(58)41(40,43)29(22)28-25(54)5-4-6-26(28)59-3/h4-15,23-24,27,29,54H,16-17H2,1-3H3. The van der Waals surface area contributed by atoms with E-state index in [0.717, 1.165) is 10.6 Å². The number of aromatic hydroxyl groups is 1. The molecule has 304 valence electrons. The molecule has 4 aromatic rings. The second-order valence-corrected chi connectivity index (χ2v) is 16.0. The molecular weight excluding hydrogens is 824 g/mol. The molecule has 4 aromatic carbocycles. The molecule has 1 saturated carbocycles. The molecule has 2 heterocycles. The molecule has 2 aliphatic carbocycles. The van der Waals surface area contributed by atoms with Crippen LogP contribution in [0.15, 0.2) is 88.6 Å². The lowest BCUT2D eigenvalue weighted by Gasteiger charge is -2.50. The van der Waals surface area contributed by atoms with Crippen LogP contribution in [0.5, 0.6) is 11.5 Å². The molecule has 0 aromatic heterocycles. The maximum absolute atomic E-state index is 15.4. The van der Waals surface area contributed by atoms with E-state index in [9.17, 15) is 37.5 Å². The number of rotatable bonds is 7. The highest BCUT2D eigenvalue weighted by Gasteiger charge is 2.77. The Morgan fingerprint density at radius 2 is 1.34 bits per heavy atom. The molecule has 0 bridgehead atoms. The van der Waals surface area contributed by atoms with Crippen molar-refractivity contribution in [2.75, 3.05) is 35.9 Å². The number of azo groups is 1. The van der Waals surface area contributed by atoms with Crippen LogP contribution in [0.1, 0.15) is 24.3 Å². The fourth-order valence-corrected chi connectivity index (χ4v) is 9.66. The van der Waals surface area contributed by atoms with Gasteiger partial charge in [-0.05, 0) is 79.4 Å². The number of benzene rings is 4. The number of carbonyl (C=O) groups excluding carboxylic acids is 4. The Morgan fingerprint density at radius 3 is 1.92 bits per heavy atom. The lowest BCUT2D eigenvalue weighted by Crippen LogP contribution is -2.60. The number of ether oxygens (including phenoxy) is 1. The first-order chi connectivity index (χ1) is 28.0. The molecular formula is C41H30Cl2F5N5O6. The third-order valence-corrected chi connectivity index (χ3v) is 12.9. The number of hydrogen-bond donors (Lipinski definition) is 1. The number of amides is 4. The van der Waals surface area contributed by atoms with E-state index in [2.05, 4.69) is 10.2 Å². The average Bonchev–Trinajstić information content (AvgIpc) is 3.56. The molecule has 1 N–H and O–H groups in total. The Labute approximate surface area is 342 Å². The van der Waals surface area contributed by atoms with Crippen LogP contribution in [0.4, 0.5) is 50.4 Å². The Balaban J connectivity index is 1.20. The predicted molar refractivity (Wildman–Crippen MR) is 205 cm³/mol. The third kappa shape index (κ3) is 5.66. The number of nitrogens with zero attached hydrogens (tertiary/aromatic N) is 5. The van der Waals surface area contributed by atoms with Gasteiger partial charge in [0.15, 0.2) is 33.0 Å². The predicted octanol–water partition coefficient (Wildman–Crippen LogP) is 8.35. The zero-order valence-corrected chi connectivity index (χ0v) is 32.5. The highest BCUT2D eigenvalue weighted by atomic mass is 35.5. The van der Waals surface area contributed by atoms with Crippen LogP contribution < -0.4 is 19.4 Å². The van der Waals surface area contributed by atoms with Gasteiger partial charge in [-0.15, -0.1) is 23.2 Å². The number of anilines is 3. The van der Waals surface area contributed by atoms with E-state index >= 15 is 8.78 Å². The van der Waals surface area contributed by atoms with Crippen molar-refractivity contribution in [3.05, 3.63) is 113 Å². The molecule has 18 heteroatoms. The first-order valence-corrected chi connectivity index (χ1v) is 18.7. The van der Waals surface area contributed by atoms with E-state index in [0.29, 0.717) is 11.4 Å². The van der Waals surface area contributed by atoms with Gasteiger partial charge in [0.1, 0.15) is 17.2 Å². The molecule has 6 atom stereocenters. The maximum atomic E-state index is 15.4. The van der Waals surface area contributed by atoms with E-state index in [4.69, 9.17) is 27.9 Å². The third-order valence-electron chi connectivity index (χ3n) is 11.5. The smallest absolute Gasteiger partial charge is 0.258 e. The second kappa shape index (κ2) is 14.2. The number of carbonyl (C=O) groups is 4. The molecule has 4 aliphatic rings. The van der Waals surface area contributed by atoms with Gasteiger partial charge >= 0.3 is 0 Å². The Bertz CT molecular complexity index is 2530. The van der Waals surface area contributed by atoms with E-state index < -0.39 is 104 Å². The summed E-state index contributed by atoms with van der Waals surface area (Å²) in [7, 11) is 5.02. The van der Waals surface area contributed by atoms with Gasteiger partial charge in [0, 0.05) is 31.3 Å². The molecule has 8 rings (SSSR count). The van der Waals surface area contributed by atoms with Gasteiger partial charge < -0.3 is 14.7 Å². The Kier molecular flexibility index (Phi) is 9.58. The molecule has 59 heavy (non-hydrogen) atoms. The lowest BCUT2D eigenvalue weighted by atomic mass is 9.56. The van der Waals surface area contributed by atoms with Crippen molar-refractivity contribution in [1.29, 1.82) is 0 Å². The maximum Gasteiger partial charge on any atom is 0.258 e. The van der Waals surface area contributed by atoms with Gasteiger partial charge in [0.05, 0.1) is 36.0 Å². The van der Waals surface area contributed by atoms with Crippen molar-refractivity contribution in [2.24, 2.45) is 28.0 Å². The molecule has 3 fully saturated rings. The summed E-state index contributed by atoms with van der Waals surface area (Å²) in [5.41, 5.74) is 0.148. The number of imide groups is 2. The second-order valence-electron chi connectivity index (χ2n) is 14.7. The van der Waals surface area contributed by atoms with Crippen LogP contribution in [0.2, 0.25) is 0 Å². The summed E-state index contributed by atoms with van der Waals surface area (Å²) in [6, 6.07) is 17.4. The summed E-state index contributed by atoms with van der Waals surface area (Å²) in [4.78, 5) is 54.6. The lowest BCUT2D eigenvalue weighted by molar-refractivity contribution is -0.125. The summed E-state index contributed by atoms with van der Waals surface area (Å²) < 4.78 is 79.5. The van der Waals surface area contributed by atoms with E-state index in [1.54, 1.807) is 24.3 Å². The van der Waals surface area contributed by atoms with E-state index in [1.807, 2.05) is 31.1 Å². The molecule has 0 spiro atoms. The number of alkyl halides is 2. The van der Waals surface area contributed by atoms with Gasteiger partial charge in [0.2, 0.25) is 17.6 Å². The van der Waals surface area contributed by atoms with Gasteiger partial charge in [-0.25, -0.2) is 26.9 Å². The van der Waals surface area contributed by atoms with Crippen molar-refractivity contribution < 1.29 is 51.0 Å². The van der Waals surface area contributed by atoms with Crippen molar-refractivity contribution in [3.8, 4) is 11.5 Å². The van der Waals surface area contributed by atoms with Crippen LogP contribution in [-0.2, 0) is 19.2 Å². The summed E-state index contributed by atoms with van der Waals surface area (Å²) >= 11 is 14.4. The molecule has 11 nitrogen and oxygen atoms in total. The summed E-state index contributed by atoms with van der Waals surface area (Å²) in [6.07, 6.45) is 0.704. The molecule has 6 unspecified atom stereocenters. The van der Waals surface area contributed by atoms with Gasteiger partial charge in [-0.3, -0.25) is 24.1 Å². The number of methoxy groups -OCH3 is 1. The van der Waals surface area contributed by atoms with Crippen LogP contribution in [0.25, 0.3) is 0 Å². The SMILES string of the molecule is COc1cccc(O)c1C1C2=CCC3C(=O)N(c4ccc(N=Nc5ccc(N(C)C)cc5)cc4)C(=O)C3C2CC2(Cl)C(=O)N(c3c(F)c(F)c(F)c(F)c3F)C(=O)C12Cl. The first-order valence-electron chi connectivity index (χ1n) is 18.0.